The highest BCUT2D eigenvalue weighted by atomic mass is 16.5. The molecule has 0 fully saturated rings. The lowest BCUT2D eigenvalue weighted by Gasteiger charge is -2.20. The zero-order valence-corrected chi connectivity index (χ0v) is 20.6. The minimum atomic E-state index is -0.939. The van der Waals surface area contributed by atoms with Crippen LogP contribution in [-0.4, -0.2) is 70.5 Å². The fraction of sp³-hybridized carbons (Fsp3) is 0.818. The van der Waals surface area contributed by atoms with E-state index in [-0.39, 0.29) is 61.9 Å². The minimum Gasteiger partial charge on any atom is -0.481 e. The predicted molar refractivity (Wildman–Crippen MR) is 120 cm³/mol. The number of esters is 2. The Hall–Kier alpha value is -2.20. The predicted octanol–water partition coefficient (Wildman–Crippen LogP) is 2.34. The van der Waals surface area contributed by atoms with E-state index in [0.717, 1.165) is 0 Å². The molecule has 2 atom stereocenters. The van der Waals surface area contributed by atoms with Crippen molar-refractivity contribution in [3.05, 3.63) is 0 Å². The fourth-order valence-corrected chi connectivity index (χ4v) is 2.52. The van der Waals surface area contributed by atoms with Gasteiger partial charge in [-0.05, 0) is 40.5 Å². The van der Waals surface area contributed by atoms with Crippen LogP contribution < -0.4 is 10.6 Å². The molecule has 10 heteroatoms. The molecule has 2 unspecified atom stereocenters. The van der Waals surface area contributed by atoms with Crippen molar-refractivity contribution in [2.45, 2.75) is 117 Å². The first-order chi connectivity index (χ1) is 14.6. The van der Waals surface area contributed by atoms with Gasteiger partial charge in [-0.1, -0.05) is 27.7 Å². The van der Waals surface area contributed by atoms with Crippen LogP contribution in [0.2, 0.25) is 0 Å². The molecule has 0 rings (SSSR count). The van der Waals surface area contributed by atoms with E-state index in [1.54, 1.807) is 27.7 Å². The fourth-order valence-electron chi connectivity index (χ4n) is 2.52. The van der Waals surface area contributed by atoms with Gasteiger partial charge in [0.25, 0.3) is 0 Å². The minimum absolute atomic E-state index is 0.0441. The highest BCUT2D eigenvalue weighted by molar-refractivity contribution is 5.77. The second-order valence-electron chi connectivity index (χ2n) is 8.58. The van der Waals surface area contributed by atoms with Crippen LogP contribution in [0.5, 0.6) is 0 Å². The maximum Gasteiger partial charge on any atom is 0.323 e. The van der Waals surface area contributed by atoms with E-state index in [0.29, 0.717) is 0 Å². The summed E-state index contributed by atoms with van der Waals surface area (Å²) in [6, 6.07) is -1.06. The Labute approximate surface area is 191 Å². The van der Waals surface area contributed by atoms with Gasteiger partial charge in [-0.2, -0.15) is 0 Å². The third-order valence-electron chi connectivity index (χ3n) is 3.65. The highest BCUT2D eigenvalue weighted by Gasteiger charge is 2.22. The lowest BCUT2D eigenvalue weighted by Crippen LogP contribution is -2.42. The average molecular weight is 463 g/mol. The standard InChI is InChI=1S/2C11H21NO4/c1-7(2)12-9(11(14)15)5-6-10(13)16-8(3)4;1-7(2)12-9(5-6-10(13)14)11(15)16-8(3)4/h7-9,12H,5-6H2,1-4H3,(H,14,15);7-9,12H,5-6H2,1-4H3,(H,13,14). The third kappa shape index (κ3) is 19.7. The molecule has 0 radical (unpaired) electrons. The third-order valence-corrected chi connectivity index (χ3v) is 3.65. The van der Waals surface area contributed by atoms with Gasteiger partial charge in [0.15, 0.2) is 0 Å². The molecule has 4 N–H and O–H groups in total. The summed E-state index contributed by atoms with van der Waals surface area (Å²) in [6.45, 7) is 14.6. The van der Waals surface area contributed by atoms with Crippen molar-refractivity contribution < 1.29 is 38.9 Å². The smallest absolute Gasteiger partial charge is 0.323 e. The van der Waals surface area contributed by atoms with Gasteiger partial charge in [-0.15, -0.1) is 0 Å². The van der Waals surface area contributed by atoms with E-state index in [1.165, 1.54) is 0 Å². The summed E-state index contributed by atoms with van der Waals surface area (Å²) in [5, 5.41) is 23.4. The van der Waals surface area contributed by atoms with Crippen LogP contribution in [0.4, 0.5) is 0 Å². The van der Waals surface area contributed by atoms with Crippen LogP contribution >= 0.6 is 0 Å². The van der Waals surface area contributed by atoms with E-state index in [2.05, 4.69) is 10.6 Å². The van der Waals surface area contributed by atoms with Crippen molar-refractivity contribution in [2.75, 3.05) is 0 Å². The number of hydrogen-bond donors (Lipinski definition) is 4. The number of carboxylic acids is 2. The summed E-state index contributed by atoms with van der Waals surface area (Å²) in [5.74, 6) is -2.59. The van der Waals surface area contributed by atoms with Crippen molar-refractivity contribution in [3.63, 3.8) is 0 Å². The zero-order valence-electron chi connectivity index (χ0n) is 20.6. The Morgan fingerprint density at radius 1 is 0.688 bits per heavy atom. The molecule has 0 aromatic heterocycles. The molecule has 0 saturated heterocycles. The number of carbonyl (C=O) groups is 4. The molecule has 32 heavy (non-hydrogen) atoms. The van der Waals surface area contributed by atoms with Crippen LogP contribution in [0.25, 0.3) is 0 Å². The number of rotatable bonds is 14. The van der Waals surface area contributed by atoms with E-state index in [1.807, 2.05) is 27.7 Å². The number of aliphatic carboxylic acids is 2. The van der Waals surface area contributed by atoms with Crippen LogP contribution in [0, 0.1) is 0 Å². The average Bonchev–Trinajstić information content (AvgIpc) is 2.60. The van der Waals surface area contributed by atoms with Crippen LogP contribution in [0.3, 0.4) is 0 Å². The molecule has 0 aliphatic rings. The molecule has 0 bridgehead atoms. The maximum absolute atomic E-state index is 11.6. The molecule has 0 saturated carbocycles. The molecule has 0 amide bonds. The van der Waals surface area contributed by atoms with Crippen molar-refractivity contribution in [3.8, 4) is 0 Å². The quantitative estimate of drug-likeness (QED) is 0.283. The summed E-state index contributed by atoms with van der Waals surface area (Å²) in [5.41, 5.74) is 0. The first-order valence-corrected chi connectivity index (χ1v) is 11.0. The summed E-state index contributed by atoms with van der Waals surface area (Å²) in [4.78, 5) is 44.2. The molecular formula is C22H42N2O8. The molecule has 0 spiro atoms. The number of hydrogen-bond acceptors (Lipinski definition) is 8. The van der Waals surface area contributed by atoms with Gasteiger partial charge in [0.05, 0.1) is 12.2 Å². The van der Waals surface area contributed by atoms with Gasteiger partial charge in [0.1, 0.15) is 12.1 Å². The molecule has 0 aromatic carbocycles. The van der Waals surface area contributed by atoms with Gasteiger partial charge < -0.3 is 30.3 Å². The summed E-state index contributed by atoms with van der Waals surface area (Å²) < 4.78 is 9.98. The van der Waals surface area contributed by atoms with E-state index in [4.69, 9.17) is 19.7 Å². The first kappa shape index (κ1) is 32.0. The number of nitrogens with one attached hydrogen (secondary N) is 2. The SMILES string of the molecule is CC(C)NC(CCC(=O)O)C(=O)OC(C)C.CC(C)NC(CCC(=O)OC(C)C)C(=O)O. The Morgan fingerprint density at radius 2 is 1.12 bits per heavy atom. The Bertz CT molecular complexity index is 576. The lowest BCUT2D eigenvalue weighted by molar-refractivity contribution is -0.151. The molecule has 10 nitrogen and oxygen atoms in total. The molecular weight excluding hydrogens is 420 g/mol. The second kappa shape index (κ2) is 17.4. The normalized spacial score (nSPS) is 12.9. The largest absolute Gasteiger partial charge is 0.481 e. The Morgan fingerprint density at radius 3 is 1.50 bits per heavy atom. The number of ether oxygens (including phenoxy) is 2. The summed E-state index contributed by atoms with van der Waals surface area (Å²) in [6.07, 6.45) is 0.229. The Balaban J connectivity index is 0. The van der Waals surface area contributed by atoms with Crippen molar-refractivity contribution in [1.29, 1.82) is 0 Å². The zero-order chi connectivity index (χ0) is 25.4. The van der Waals surface area contributed by atoms with E-state index >= 15 is 0 Å². The topological polar surface area (TPSA) is 151 Å². The monoisotopic (exact) mass is 462 g/mol. The van der Waals surface area contributed by atoms with Crippen LogP contribution in [0.1, 0.15) is 81.1 Å². The number of carbonyl (C=O) groups excluding carboxylic acids is 2. The van der Waals surface area contributed by atoms with Crippen molar-refractivity contribution in [1.82, 2.24) is 10.6 Å². The lowest BCUT2D eigenvalue weighted by atomic mass is 10.1. The van der Waals surface area contributed by atoms with Gasteiger partial charge >= 0.3 is 23.9 Å². The maximum atomic E-state index is 11.6. The first-order valence-electron chi connectivity index (χ1n) is 11.0. The molecule has 188 valence electrons. The van der Waals surface area contributed by atoms with Gasteiger partial charge in [-0.25, -0.2) is 0 Å². The summed E-state index contributed by atoms with van der Waals surface area (Å²) >= 11 is 0. The van der Waals surface area contributed by atoms with Crippen molar-refractivity contribution >= 4 is 23.9 Å². The Kier molecular flexibility index (Phi) is 17.4. The van der Waals surface area contributed by atoms with Gasteiger partial charge in [0.2, 0.25) is 0 Å². The summed E-state index contributed by atoms with van der Waals surface area (Å²) in [7, 11) is 0. The van der Waals surface area contributed by atoms with Gasteiger partial charge in [-0.3, -0.25) is 19.2 Å². The van der Waals surface area contributed by atoms with E-state index in [9.17, 15) is 19.2 Å². The highest BCUT2D eigenvalue weighted by Crippen LogP contribution is 2.04. The molecule has 0 aromatic rings. The molecule has 0 heterocycles. The number of carboxylic acid groups (broad SMARTS) is 2. The van der Waals surface area contributed by atoms with Crippen LogP contribution in [0.15, 0.2) is 0 Å². The second-order valence-corrected chi connectivity index (χ2v) is 8.58. The van der Waals surface area contributed by atoms with E-state index < -0.39 is 24.0 Å². The molecule has 0 aliphatic heterocycles. The molecule has 0 aliphatic carbocycles. The van der Waals surface area contributed by atoms with Crippen LogP contribution in [-0.2, 0) is 28.7 Å². The van der Waals surface area contributed by atoms with Crippen molar-refractivity contribution in [2.24, 2.45) is 0 Å². The van der Waals surface area contributed by atoms with Gasteiger partial charge in [0, 0.05) is 24.9 Å².